The minimum absolute atomic E-state index is 0.155. The highest BCUT2D eigenvalue weighted by Crippen LogP contribution is 2.16. The zero-order chi connectivity index (χ0) is 21.9. The lowest BCUT2D eigenvalue weighted by atomic mass is 10.1. The van der Waals surface area contributed by atoms with Crippen LogP contribution in [0.1, 0.15) is 22.8 Å². The van der Waals surface area contributed by atoms with Crippen molar-refractivity contribution in [3.05, 3.63) is 59.7 Å². The second-order valence-electron chi connectivity index (χ2n) is 6.70. The van der Waals surface area contributed by atoms with Crippen LogP contribution in [-0.4, -0.2) is 51.6 Å². The third-order valence-electron chi connectivity index (χ3n) is 4.54. The molecular weight excluding hydrogens is 386 g/mol. The summed E-state index contributed by atoms with van der Waals surface area (Å²) in [6.45, 7) is 3.25. The number of hydrogen-bond acceptors (Lipinski definition) is 5. The summed E-state index contributed by atoms with van der Waals surface area (Å²) in [4.78, 5) is 36.9. The number of esters is 1. The summed E-state index contributed by atoms with van der Waals surface area (Å²) < 4.78 is 9.81. The number of hydrogen-bond donors (Lipinski definition) is 3. The highest BCUT2D eigenvalue weighted by molar-refractivity contribution is 5.91. The van der Waals surface area contributed by atoms with Crippen LogP contribution in [0.4, 0.5) is 5.69 Å². The van der Waals surface area contributed by atoms with Gasteiger partial charge in [0.15, 0.2) is 13.1 Å². The van der Waals surface area contributed by atoms with E-state index < -0.39 is 5.97 Å². The summed E-state index contributed by atoms with van der Waals surface area (Å²) in [5, 5.41) is 5.66. The molecule has 3 N–H and O–H groups in total. The summed E-state index contributed by atoms with van der Waals surface area (Å²) >= 11 is 0. The smallest absolute Gasteiger partial charge is 0.337 e. The fraction of sp³-hybridized carbons (Fsp3) is 0.318. The van der Waals surface area contributed by atoms with Gasteiger partial charge in [-0.05, 0) is 36.8 Å². The number of rotatable bonds is 10. The zero-order valence-electron chi connectivity index (χ0n) is 17.5. The van der Waals surface area contributed by atoms with Crippen LogP contribution in [0.15, 0.2) is 48.5 Å². The van der Waals surface area contributed by atoms with Crippen LogP contribution in [0.5, 0.6) is 5.75 Å². The Morgan fingerprint density at radius 2 is 1.67 bits per heavy atom. The molecule has 8 nitrogen and oxygen atoms in total. The largest absolute Gasteiger partial charge is 0.497 e. The Morgan fingerprint density at radius 3 is 2.30 bits per heavy atom. The van der Waals surface area contributed by atoms with Gasteiger partial charge in [0.1, 0.15) is 5.75 Å². The Labute approximate surface area is 176 Å². The van der Waals surface area contributed by atoms with E-state index in [1.165, 1.54) is 7.11 Å². The predicted molar refractivity (Wildman–Crippen MR) is 112 cm³/mol. The van der Waals surface area contributed by atoms with Gasteiger partial charge in [0.2, 0.25) is 0 Å². The number of carbonyl (C=O) groups is 3. The molecule has 2 rings (SSSR count). The van der Waals surface area contributed by atoms with Gasteiger partial charge in [-0.15, -0.1) is 0 Å². The lowest BCUT2D eigenvalue weighted by molar-refractivity contribution is -0.881. The molecule has 160 valence electrons. The van der Waals surface area contributed by atoms with Gasteiger partial charge in [0.25, 0.3) is 11.8 Å². The number of anilines is 1. The fourth-order valence-electron chi connectivity index (χ4n) is 2.81. The van der Waals surface area contributed by atoms with E-state index >= 15 is 0 Å². The zero-order valence-corrected chi connectivity index (χ0v) is 17.5. The van der Waals surface area contributed by atoms with Crippen molar-refractivity contribution >= 4 is 23.5 Å². The van der Waals surface area contributed by atoms with E-state index in [0.29, 0.717) is 30.1 Å². The molecule has 0 spiro atoms. The van der Waals surface area contributed by atoms with Crippen LogP contribution in [0.3, 0.4) is 0 Å². The Bertz CT molecular complexity index is 867. The lowest BCUT2D eigenvalue weighted by Gasteiger charge is -2.17. The van der Waals surface area contributed by atoms with Crippen LogP contribution in [0.25, 0.3) is 0 Å². The molecule has 0 radical (unpaired) electrons. The molecule has 0 bridgehead atoms. The number of amides is 2. The first-order valence-corrected chi connectivity index (χ1v) is 9.66. The number of carbonyl (C=O) groups excluding carboxylic acids is 3. The monoisotopic (exact) mass is 414 g/mol. The summed E-state index contributed by atoms with van der Waals surface area (Å²) in [6, 6.07) is 13.9. The highest BCUT2D eigenvalue weighted by Gasteiger charge is 2.17. The molecule has 0 aliphatic heterocycles. The van der Waals surface area contributed by atoms with Crippen molar-refractivity contribution in [2.24, 2.45) is 0 Å². The van der Waals surface area contributed by atoms with E-state index in [4.69, 9.17) is 4.74 Å². The topological polar surface area (TPSA) is 98.2 Å². The molecule has 0 fully saturated rings. The molecule has 0 aliphatic carbocycles. The molecular formula is C22H28N3O5+. The third kappa shape index (κ3) is 7.21. The normalized spacial score (nSPS) is 11.3. The van der Waals surface area contributed by atoms with Crippen molar-refractivity contribution in [1.82, 2.24) is 5.32 Å². The number of ether oxygens (including phenoxy) is 2. The molecule has 0 heterocycles. The molecule has 2 aromatic carbocycles. The van der Waals surface area contributed by atoms with Gasteiger partial charge >= 0.3 is 5.97 Å². The Kier molecular flexibility index (Phi) is 8.83. The first-order chi connectivity index (χ1) is 14.4. The van der Waals surface area contributed by atoms with Gasteiger partial charge in [-0.25, -0.2) is 4.79 Å². The van der Waals surface area contributed by atoms with E-state index in [1.807, 2.05) is 6.92 Å². The maximum Gasteiger partial charge on any atom is 0.337 e. The van der Waals surface area contributed by atoms with E-state index in [2.05, 4.69) is 15.4 Å². The molecule has 2 amide bonds. The van der Waals surface area contributed by atoms with Crippen LogP contribution < -0.4 is 20.3 Å². The lowest BCUT2D eigenvalue weighted by Crippen LogP contribution is -3.13. The Morgan fingerprint density at radius 1 is 0.967 bits per heavy atom. The van der Waals surface area contributed by atoms with Crippen molar-refractivity contribution in [2.45, 2.75) is 13.5 Å². The average molecular weight is 414 g/mol. The van der Waals surface area contributed by atoms with Gasteiger partial charge in [0, 0.05) is 18.3 Å². The van der Waals surface area contributed by atoms with Gasteiger partial charge in [-0.3, -0.25) is 9.59 Å². The third-order valence-corrected chi connectivity index (χ3v) is 4.54. The quantitative estimate of drug-likeness (QED) is 0.496. The van der Waals surface area contributed by atoms with Gasteiger partial charge < -0.3 is 25.0 Å². The summed E-state index contributed by atoms with van der Waals surface area (Å²) in [5.41, 5.74) is 1.97. The van der Waals surface area contributed by atoms with Crippen molar-refractivity contribution in [3.63, 3.8) is 0 Å². The van der Waals surface area contributed by atoms with Crippen molar-refractivity contribution in [2.75, 3.05) is 39.2 Å². The molecule has 0 saturated carbocycles. The number of nitrogens with one attached hydrogen (secondary N) is 3. The number of benzene rings is 2. The maximum absolute atomic E-state index is 12.3. The maximum atomic E-state index is 12.3. The molecule has 0 aliphatic rings. The van der Waals surface area contributed by atoms with Gasteiger partial charge in [-0.2, -0.15) is 0 Å². The summed E-state index contributed by atoms with van der Waals surface area (Å²) in [6.07, 6.45) is 0. The van der Waals surface area contributed by atoms with Crippen molar-refractivity contribution in [3.8, 4) is 5.75 Å². The van der Waals surface area contributed by atoms with E-state index in [9.17, 15) is 14.4 Å². The minimum Gasteiger partial charge on any atom is -0.497 e. The molecule has 1 atom stereocenters. The molecule has 2 aromatic rings. The van der Waals surface area contributed by atoms with Crippen molar-refractivity contribution < 1.29 is 28.8 Å². The second kappa shape index (κ2) is 11.6. The number of methoxy groups -OCH3 is 2. The molecule has 1 unspecified atom stereocenters. The fourth-order valence-corrected chi connectivity index (χ4v) is 2.81. The average Bonchev–Trinajstić information content (AvgIpc) is 2.77. The summed E-state index contributed by atoms with van der Waals surface area (Å²) in [7, 11) is 2.89. The van der Waals surface area contributed by atoms with Crippen molar-refractivity contribution in [1.29, 1.82) is 0 Å². The number of quaternary nitrogens is 1. The van der Waals surface area contributed by atoms with Gasteiger partial charge in [-0.1, -0.05) is 18.2 Å². The second-order valence-corrected chi connectivity index (χ2v) is 6.70. The molecule has 0 aromatic heterocycles. The minimum atomic E-state index is -0.403. The predicted octanol–water partition coefficient (Wildman–Crippen LogP) is 0.642. The Hall–Kier alpha value is -3.39. The molecule has 8 heteroatoms. The van der Waals surface area contributed by atoms with Crippen LogP contribution in [0.2, 0.25) is 0 Å². The van der Waals surface area contributed by atoms with Crippen LogP contribution >= 0.6 is 0 Å². The standard InChI is InChI=1S/C22H27N3O5/c1-4-25(15-21(27)24-18-6-5-7-19(12-18)29-2)14-20(26)23-13-16-8-10-17(11-9-16)22(28)30-3/h5-12H,4,13-15H2,1-3H3,(H,23,26)(H,24,27)/p+1. The van der Waals surface area contributed by atoms with Crippen LogP contribution in [0, 0.1) is 0 Å². The van der Waals surface area contributed by atoms with E-state index in [-0.39, 0.29) is 24.9 Å². The first-order valence-electron chi connectivity index (χ1n) is 9.66. The van der Waals surface area contributed by atoms with E-state index in [1.54, 1.807) is 55.6 Å². The van der Waals surface area contributed by atoms with E-state index in [0.717, 1.165) is 10.5 Å². The first kappa shape index (κ1) is 22.9. The van der Waals surface area contributed by atoms with Gasteiger partial charge in [0.05, 0.1) is 26.3 Å². The number of likely N-dealkylation sites (N-methyl/N-ethyl adjacent to an activating group) is 1. The highest BCUT2D eigenvalue weighted by atomic mass is 16.5. The summed E-state index contributed by atoms with van der Waals surface area (Å²) in [5.74, 6) is -0.0733. The van der Waals surface area contributed by atoms with Crippen LogP contribution in [-0.2, 0) is 20.9 Å². The SMILES string of the molecule is CC[NH+](CC(=O)NCc1ccc(C(=O)OC)cc1)CC(=O)Nc1cccc(OC)c1. The molecule has 30 heavy (non-hydrogen) atoms. The molecule has 0 saturated heterocycles. The Balaban J connectivity index is 1.80.